The molecule has 2 aromatic carbocycles. The maximum atomic E-state index is 15.3. The predicted molar refractivity (Wildman–Crippen MR) is 285 cm³/mol. The number of aliphatic carboxylic acids is 1. The van der Waals surface area contributed by atoms with E-state index >= 15 is 4.79 Å². The number of para-hydroxylation sites is 1. The molecule has 0 aliphatic carbocycles. The second kappa shape index (κ2) is 26.6. The fourth-order valence-electron chi connectivity index (χ4n) is 9.03. The maximum absolute atomic E-state index is 15.3. The third-order valence-corrected chi connectivity index (χ3v) is 13.5. The first-order chi connectivity index (χ1) is 35.2. The fraction of sp³-hybridized carbons (Fsp3) is 0.509. The van der Waals surface area contributed by atoms with E-state index in [1.165, 1.54) is 51.0 Å². The number of rotatable bonds is 17. The molecule has 1 aliphatic rings. The van der Waals surface area contributed by atoms with Crippen LogP contribution in [0.5, 0.6) is 5.75 Å². The van der Waals surface area contributed by atoms with E-state index in [1.54, 1.807) is 25.2 Å². The van der Waals surface area contributed by atoms with Crippen LogP contribution < -0.4 is 31.9 Å². The van der Waals surface area contributed by atoms with Crippen molar-refractivity contribution in [2.45, 2.75) is 149 Å². The van der Waals surface area contributed by atoms with Gasteiger partial charge >= 0.3 is 5.97 Å². The number of aromatic nitrogens is 1. The van der Waals surface area contributed by atoms with Crippen LogP contribution in [0.4, 0.5) is 5.69 Å². The topological polar surface area (TPSA) is 278 Å². The molecule has 1 aromatic heterocycles. The highest BCUT2D eigenvalue weighted by atomic mass is 16.4. The molecule has 0 bridgehead atoms. The van der Waals surface area contributed by atoms with Crippen molar-refractivity contribution in [1.82, 2.24) is 41.0 Å². The van der Waals surface area contributed by atoms with Gasteiger partial charge in [0.1, 0.15) is 48.0 Å². The number of carbonyl (C=O) groups is 9. The van der Waals surface area contributed by atoms with Gasteiger partial charge in [-0.1, -0.05) is 77.1 Å². The summed E-state index contributed by atoms with van der Waals surface area (Å²) in [5, 5.41) is 37.4. The Morgan fingerprint density at radius 3 is 1.91 bits per heavy atom. The van der Waals surface area contributed by atoms with Gasteiger partial charge in [-0.15, -0.1) is 6.58 Å². The lowest BCUT2D eigenvalue weighted by Gasteiger charge is -2.33. The van der Waals surface area contributed by atoms with E-state index in [0.717, 1.165) is 15.8 Å². The van der Waals surface area contributed by atoms with Crippen LogP contribution in [0.2, 0.25) is 0 Å². The molecular formula is C55H77N9O11. The Hall–Kier alpha value is -7.51. The van der Waals surface area contributed by atoms with Gasteiger partial charge in [-0.05, 0) is 94.5 Å². The van der Waals surface area contributed by atoms with Crippen molar-refractivity contribution < 1.29 is 53.4 Å². The van der Waals surface area contributed by atoms with Gasteiger partial charge in [0.15, 0.2) is 0 Å². The molecule has 0 saturated carbocycles. The van der Waals surface area contributed by atoms with Crippen LogP contribution in [0.25, 0.3) is 10.9 Å². The van der Waals surface area contributed by atoms with E-state index in [4.69, 9.17) is 0 Å². The van der Waals surface area contributed by atoms with E-state index in [2.05, 4.69) is 38.5 Å². The summed E-state index contributed by atoms with van der Waals surface area (Å²) in [6, 6.07) is 2.14. The number of hydrogen-bond donors (Lipinski definition) is 8. The summed E-state index contributed by atoms with van der Waals surface area (Å²) in [6.07, 6.45) is 6.74. The maximum Gasteiger partial charge on any atom is 0.306 e. The highest BCUT2D eigenvalue weighted by Crippen LogP contribution is 2.30. The zero-order valence-electron chi connectivity index (χ0n) is 45.1. The lowest BCUT2D eigenvalue weighted by atomic mass is 9.97. The Labute approximate surface area is 439 Å². The first-order valence-electron chi connectivity index (χ1n) is 25.4. The molecule has 1 fully saturated rings. The smallest absolute Gasteiger partial charge is 0.306 e. The fourth-order valence-corrected chi connectivity index (χ4v) is 9.03. The number of nitrogens with one attached hydrogen (secondary N) is 6. The van der Waals surface area contributed by atoms with Crippen molar-refractivity contribution in [3.8, 4) is 5.75 Å². The predicted octanol–water partition coefficient (Wildman–Crippen LogP) is 3.90. The van der Waals surface area contributed by atoms with Crippen LogP contribution in [-0.4, -0.2) is 135 Å². The van der Waals surface area contributed by atoms with Gasteiger partial charge in [-0.3, -0.25) is 43.2 Å². The summed E-state index contributed by atoms with van der Waals surface area (Å²) in [7, 11) is 2.69. The van der Waals surface area contributed by atoms with Gasteiger partial charge in [-0.25, -0.2) is 0 Å². The number of allylic oxidation sites excluding steroid dienone is 2. The van der Waals surface area contributed by atoms with E-state index in [0.29, 0.717) is 17.5 Å². The molecule has 75 heavy (non-hydrogen) atoms. The second-order valence-electron chi connectivity index (χ2n) is 20.9. The van der Waals surface area contributed by atoms with Gasteiger partial charge in [0.2, 0.25) is 47.8 Å². The van der Waals surface area contributed by atoms with Crippen molar-refractivity contribution >= 4 is 70.3 Å². The number of anilines is 1. The van der Waals surface area contributed by atoms with E-state index in [-0.39, 0.29) is 55.4 Å². The van der Waals surface area contributed by atoms with Crippen molar-refractivity contribution in [3.63, 3.8) is 0 Å². The summed E-state index contributed by atoms with van der Waals surface area (Å²) in [6.45, 7) is 19.7. The van der Waals surface area contributed by atoms with Crippen LogP contribution in [0, 0.1) is 17.8 Å². The number of carbonyl (C=O) groups excluding carboxylic acids is 8. The first-order valence-corrected chi connectivity index (χ1v) is 25.4. The van der Waals surface area contributed by atoms with E-state index < -0.39 is 107 Å². The number of phenols is 1. The van der Waals surface area contributed by atoms with Crippen LogP contribution in [0.15, 0.2) is 73.5 Å². The number of aromatic hydroxyl groups is 1. The third-order valence-electron chi connectivity index (χ3n) is 13.5. The van der Waals surface area contributed by atoms with Gasteiger partial charge in [-0.2, -0.15) is 0 Å². The monoisotopic (exact) mass is 1040 g/mol. The molecule has 0 radical (unpaired) electrons. The molecule has 3 aromatic rings. The number of fused-ring (bicyclic) bond motifs is 1. The number of carboxylic acid groups (broad SMARTS) is 1. The number of hydrogen-bond acceptors (Lipinski definition) is 10. The standard InChI is InChI=1S/C55H77N9O11/c1-13-15-19-38-47(67)61-42(28-36-29-64(55(9,10)14-2)43-20-17-16-18-37(36)43)53(73)63(12)44(24-32(5)6)50(70)60-41(27-35-21-22-46(66)39(26-35)56-30-65)48(68)57-34(8)52(72)62(11)45(25-33(7)54(74)75)51(71)59-40(23-31(3)4)49(69)58-38/h13-18,20-22,26,29-34,38,40-42,44-45,66H,2,19,23-25,27-28H2,1,3-12H3,(H,56,65)(H,57,68)(H,58,69)(H,59,71)(H,60,70)(H,61,67)(H,74,75)/t33-,34-,38-,40-,41-,42-,44-,45-/m0/s1. The molecular weight excluding hydrogens is 963 g/mol. The largest absolute Gasteiger partial charge is 0.506 e. The van der Waals surface area contributed by atoms with Crippen LogP contribution >= 0.6 is 0 Å². The second-order valence-corrected chi connectivity index (χ2v) is 20.9. The summed E-state index contributed by atoms with van der Waals surface area (Å²) < 4.78 is 2.01. The van der Waals surface area contributed by atoms with Crippen molar-refractivity contribution in [3.05, 3.63) is 84.6 Å². The normalized spacial score (nSPS) is 22.8. The molecule has 8 N–H and O–H groups in total. The summed E-state index contributed by atoms with van der Waals surface area (Å²) in [4.78, 5) is 129. The molecule has 1 saturated heterocycles. The average Bonchev–Trinajstić information content (AvgIpc) is 3.73. The molecule has 8 amide bonds. The van der Waals surface area contributed by atoms with Crippen molar-refractivity contribution in [1.29, 1.82) is 0 Å². The van der Waals surface area contributed by atoms with Crippen LogP contribution in [0.1, 0.15) is 99.1 Å². The average molecular weight is 1040 g/mol. The SMILES string of the molecule is C=CC(C)(C)n1cc(C[C@@H]2NC(=O)[C@H](CC=CC)NC(=O)[C@H](CC(C)C)NC(=O)[C@H](C[C@H](C)C(=O)O)N(C)C(=O)[C@H](C)NC(=O)[C@H](Cc3ccc(O)c(NC=O)c3)NC(=O)[C@H](CC(C)C)N(C)C2=O)c2ccccc21. The summed E-state index contributed by atoms with van der Waals surface area (Å²) in [5.74, 6) is -8.64. The lowest BCUT2D eigenvalue weighted by Crippen LogP contribution is -2.60. The molecule has 1 aliphatic heterocycles. The highest BCUT2D eigenvalue weighted by molar-refractivity contribution is 5.99. The Morgan fingerprint density at radius 2 is 1.31 bits per heavy atom. The minimum Gasteiger partial charge on any atom is -0.506 e. The molecule has 0 spiro atoms. The van der Waals surface area contributed by atoms with Gasteiger partial charge < -0.3 is 56.5 Å². The number of carboxylic acids is 1. The molecule has 20 heteroatoms. The number of nitrogens with zero attached hydrogens (tertiary/aromatic N) is 3. The molecule has 20 nitrogen and oxygen atoms in total. The number of amides is 8. The van der Waals surface area contributed by atoms with Gasteiger partial charge in [0.05, 0.1) is 17.1 Å². The number of phenolic OH excluding ortho intramolecular Hbond substituents is 1. The van der Waals surface area contributed by atoms with Gasteiger partial charge in [0.25, 0.3) is 0 Å². The Bertz CT molecular complexity index is 2620. The first kappa shape index (κ1) is 60.0. The number of benzene rings is 2. The molecule has 4 rings (SSSR count). The van der Waals surface area contributed by atoms with Crippen LogP contribution in [-0.2, 0) is 61.5 Å². The minimum absolute atomic E-state index is 0.00907. The van der Waals surface area contributed by atoms with Gasteiger partial charge in [0, 0.05) is 44.0 Å². The minimum atomic E-state index is -1.49. The summed E-state index contributed by atoms with van der Waals surface area (Å²) in [5.41, 5.74) is 1.28. The Kier molecular flexibility index (Phi) is 21.3. The van der Waals surface area contributed by atoms with Crippen molar-refractivity contribution in [2.24, 2.45) is 17.8 Å². The van der Waals surface area contributed by atoms with Crippen molar-refractivity contribution in [2.75, 3.05) is 19.4 Å². The summed E-state index contributed by atoms with van der Waals surface area (Å²) >= 11 is 0. The quantitative estimate of drug-likeness (QED) is 0.0546. The van der Waals surface area contributed by atoms with Crippen LogP contribution in [0.3, 0.4) is 0 Å². The van der Waals surface area contributed by atoms with E-state index in [1.807, 2.05) is 76.6 Å². The Balaban J connectivity index is 1.98. The third kappa shape index (κ3) is 15.8. The Morgan fingerprint density at radius 1 is 0.747 bits per heavy atom. The molecule has 8 atom stereocenters. The highest BCUT2D eigenvalue weighted by Gasteiger charge is 2.40. The molecule has 408 valence electrons. The lowest BCUT2D eigenvalue weighted by molar-refractivity contribution is -0.146. The molecule has 0 unspecified atom stereocenters. The molecule has 2 heterocycles. The number of likely N-dealkylation sites (N-methyl/N-ethyl adjacent to an activating group) is 2. The zero-order chi connectivity index (χ0) is 56.1. The zero-order valence-corrected chi connectivity index (χ0v) is 45.1. The van der Waals surface area contributed by atoms with E-state index in [9.17, 15) is 48.6 Å².